The largest absolute Gasteiger partial charge is 0.394 e. The smallest absolute Gasteiger partial charge is 0.0767 e. The van der Waals surface area contributed by atoms with Gasteiger partial charge in [0, 0.05) is 19.1 Å². The average molecular weight is 304 g/mol. The van der Waals surface area contributed by atoms with Crippen molar-refractivity contribution in [3.8, 4) is 0 Å². The van der Waals surface area contributed by atoms with E-state index in [4.69, 9.17) is 0 Å². The standard InChI is InChI=1S/C12H22BrN3O/c1-5-9-11(13)10(16(4)15-9)7-14-12(3,6-2)8-17/h14,17H,5-8H2,1-4H3. The van der Waals surface area contributed by atoms with Gasteiger partial charge >= 0.3 is 0 Å². The Morgan fingerprint density at radius 1 is 1.47 bits per heavy atom. The molecule has 0 spiro atoms. The molecule has 98 valence electrons. The van der Waals surface area contributed by atoms with Crippen LogP contribution in [0.2, 0.25) is 0 Å². The normalized spacial score (nSPS) is 14.9. The van der Waals surface area contributed by atoms with Gasteiger partial charge in [0.2, 0.25) is 0 Å². The maximum atomic E-state index is 9.36. The van der Waals surface area contributed by atoms with Crippen LogP contribution >= 0.6 is 15.9 Å². The summed E-state index contributed by atoms with van der Waals surface area (Å²) in [6.45, 7) is 7.03. The van der Waals surface area contributed by atoms with Gasteiger partial charge in [-0.25, -0.2) is 0 Å². The Kier molecular flexibility index (Phi) is 5.16. The zero-order chi connectivity index (χ0) is 13.1. The summed E-state index contributed by atoms with van der Waals surface area (Å²) in [4.78, 5) is 0. The Balaban J connectivity index is 2.79. The van der Waals surface area contributed by atoms with E-state index in [0.717, 1.165) is 28.7 Å². The molecular formula is C12H22BrN3O. The molecule has 1 unspecified atom stereocenters. The van der Waals surface area contributed by atoms with E-state index in [9.17, 15) is 5.11 Å². The SMILES string of the molecule is CCc1nn(C)c(CNC(C)(CC)CO)c1Br. The minimum absolute atomic E-state index is 0.138. The van der Waals surface area contributed by atoms with Gasteiger partial charge < -0.3 is 10.4 Å². The van der Waals surface area contributed by atoms with Crippen LogP contribution in [0.1, 0.15) is 38.6 Å². The van der Waals surface area contributed by atoms with E-state index in [-0.39, 0.29) is 12.1 Å². The molecule has 0 aliphatic carbocycles. The van der Waals surface area contributed by atoms with Crippen LogP contribution < -0.4 is 5.32 Å². The monoisotopic (exact) mass is 303 g/mol. The molecule has 0 aliphatic heterocycles. The van der Waals surface area contributed by atoms with Gasteiger partial charge in [-0.3, -0.25) is 4.68 Å². The van der Waals surface area contributed by atoms with E-state index in [1.165, 1.54) is 0 Å². The number of halogens is 1. The molecule has 4 nitrogen and oxygen atoms in total. The number of hydrogen-bond donors (Lipinski definition) is 2. The highest BCUT2D eigenvalue weighted by atomic mass is 79.9. The number of aryl methyl sites for hydroxylation is 2. The number of hydrogen-bond acceptors (Lipinski definition) is 3. The Hall–Kier alpha value is -0.390. The number of nitrogens with one attached hydrogen (secondary N) is 1. The number of aliphatic hydroxyl groups excluding tert-OH is 1. The van der Waals surface area contributed by atoms with Crippen molar-refractivity contribution in [3.05, 3.63) is 15.9 Å². The molecule has 1 aromatic rings. The van der Waals surface area contributed by atoms with E-state index in [2.05, 4.69) is 40.2 Å². The molecule has 1 aromatic heterocycles. The lowest BCUT2D eigenvalue weighted by Gasteiger charge is -2.27. The van der Waals surface area contributed by atoms with Gasteiger partial charge in [-0.05, 0) is 35.7 Å². The molecule has 0 aliphatic rings. The molecule has 17 heavy (non-hydrogen) atoms. The highest BCUT2D eigenvalue weighted by Crippen LogP contribution is 2.22. The number of aliphatic hydroxyl groups is 1. The Morgan fingerprint density at radius 2 is 2.12 bits per heavy atom. The molecule has 1 atom stereocenters. The van der Waals surface area contributed by atoms with E-state index >= 15 is 0 Å². The van der Waals surface area contributed by atoms with E-state index in [0.29, 0.717) is 6.54 Å². The summed E-state index contributed by atoms with van der Waals surface area (Å²) in [5.41, 5.74) is 1.97. The zero-order valence-electron chi connectivity index (χ0n) is 11.0. The van der Waals surface area contributed by atoms with Gasteiger partial charge in [0.25, 0.3) is 0 Å². The topological polar surface area (TPSA) is 50.1 Å². The second-order valence-electron chi connectivity index (χ2n) is 4.61. The van der Waals surface area contributed by atoms with Crippen molar-refractivity contribution in [1.82, 2.24) is 15.1 Å². The average Bonchev–Trinajstić information content (AvgIpc) is 2.61. The molecule has 5 heteroatoms. The maximum Gasteiger partial charge on any atom is 0.0767 e. The Bertz CT molecular complexity index is 372. The fourth-order valence-electron chi connectivity index (χ4n) is 1.60. The third-order valence-corrected chi connectivity index (χ3v) is 4.23. The van der Waals surface area contributed by atoms with Crippen molar-refractivity contribution >= 4 is 15.9 Å². The fourth-order valence-corrected chi connectivity index (χ4v) is 2.36. The molecule has 2 N–H and O–H groups in total. The van der Waals surface area contributed by atoms with Gasteiger partial charge in [-0.1, -0.05) is 13.8 Å². The second kappa shape index (κ2) is 5.98. The molecule has 0 amide bonds. The summed E-state index contributed by atoms with van der Waals surface area (Å²) in [6, 6.07) is 0. The lowest BCUT2D eigenvalue weighted by Crippen LogP contribution is -2.44. The Morgan fingerprint density at radius 3 is 2.53 bits per heavy atom. The van der Waals surface area contributed by atoms with Gasteiger partial charge in [0.1, 0.15) is 0 Å². The summed E-state index contributed by atoms with van der Waals surface area (Å²) in [5, 5.41) is 17.2. The van der Waals surface area contributed by atoms with Crippen LogP contribution in [0.3, 0.4) is 0 Å². The molecule has 1 rings (SSSR count). The predicted octanol–water partition coefficient (Wildman–Crippen LogP) is 2.00. The van der Waals surface area contributed by atoms with E-state index < -0.39 is 0 Å². The summed E-state index contributed by atoms with van der Waals surface area (Å²) in [7, 11) is 1.95. The summed E-state index contributed by atoms with van der Waals surface area (Å²) in [6.07, 6.45) is 1.80. The summed E-state index contributed by atoms with van der Waals surface area (Å²) in [5.74, 6) is 0. The first-order chi connectivity index (χ1) is 7.97. The first kappa shape index (κ1) is 14.7. The lowest BCUT2D eigenvalue weighted by molar-refractivity contribution is 0.168. The number of nitrogens with zero attached hydrogens (tertiary/aromatic N) is 2. The van der Waals surface area contributed by atoms with Gasteiger partial charge in [0.05, 0.1) is 22.5 Å². The van der Waals surface area contributed by atoms with Gasteiger partial charge in [-0.15, -0.1) is 0 Å². The van der Waals surface area contributed by atoms with E-state index in [1.54, 1.807) is 0 Å². The number of aromatic nitrogens is 2. The third-order valence-electron chi connectivity index (χ3n) is 3.31. The fraction of sp³-hybridized carbons (Fsp3) is 0.750. The molecule has 1 heterocycles. The van der Waals surface area contributed by atoms with Crippen LogP contribution in [0.25, 0.3) is 0 Å². The van der Waals surface area contributed by atoms with Crippen LogP contribution in [0.4, 0.5) is 0 Å². The van der Waals surface area contributed by atoms with E-state index in [1.807, 2.05) is 18.7 Å². The van der Waals surface area contributed by atoms with Crippen molar-refractivity contribution in [2.75, 3.05) is 6.61 Å². The van der Waals surface area contributed by atoms with Crippen LogP contribution in [-0.2, 0) is 20.0 Å². The minimum Gasteiger partial charge on any atom is -0.394 e. The summed E-state index contributed by atoms with van der Waals surface area (Å²) >= 11 is 3.59. The number of rotatable bonds is 6. The van der Waals surface area contributed by atoms with Gasteiger partial charge in [0.15, 0.2) is 0 Å². The molecule has 0 saturated carbocycles. The van der Waals surface area contributed by atoms with Crippen LogP contribution in [0.5, 0.6) is 0 Å². The maximum absolute atomic E-state index is 9.36. The van der Waals surface area contributed by atoms with Crippen molar-refractivity contribution in [2.24, 2.45) is 7.05 Å². The first-order valence-electron chi connectivity index (χ1n) is 6.03. The minimum atomic E-state index is -0.226. The highest BCUT2D eigenvalue weighted by Gasteiger charge is 2.21. The molecular weight excluding hydrogens is 282 g/mol. The molecule has 0 saturated heterocycles. The Labute approximate surface area is 112 Å². The van der Waals surface area contributed by atoms with Crippen molar-refractivity contribution in [3.63, 3.8) is 0 Å². The van der Waals surface area contributed by atoms with Crippen molar-refractivity contribution < 1.29 is 5.11 Å². The highest BCUT2D eigenvalue weighted by molar-refractivity contribution is 9.10. The van der Waals surface area contributed by atoms with Crippen molar-refractivity contribution in [1.29, 1.82) is 0 Å². The summed E-state index contributed by atoms with van der Waals surface area (Å²) < 4.78 is 2.97. The third kappa shape index (κ3) is 3.30. The van der Waals surface area contributed by atoms with Crippen molar-refractivity contribution in [2.45, 2.75) is 45.7 Å². The van der Waals surface area contributed by atoms with Crippen LogP contribution in [0.15, 0.2) is 4.47 Å². The molecule has 0 radical (unpaired) electrons. The molecule has 0 bridgehead atoms. The lowest BCUT2D eigenvalue weighted by atomic mass is 10.0. The molecule has 0 aromatic carbocycles. The predicted molar refractivity (Wildman–Crippen MR) is 72.9 cm³/mol. The zero-order valence-corrected chi connectivity index (χ0v) is 12.6. The first-order valence-corrected chi connectivity index (χ1v) is 6.82. The van der Waals surface area contributed by atoms with Crippen LogP contribution in [-0.4, -0.2) is 27.0 Å². The van der Waals surface area contributed by atoms with Crippen LogP contribution in [0, 0.1) is 0 Å². The van der Waals surface area contributed by atoms with Gasteiger partial charge in [-0.2, -0.15) is 5.10 Å². The second-order valence-corrected chi connectivity index (χ2v) is 5.40. The quantitative estimate of drug-likeness (QED) is 0.845. The molecule has 0 fully saturated rings.